The van der Waals surface area contributed by atoms with Gasteiger partial charge in [0.15, 0.2) is 0 Å². The Balaban J connectivity index is 3.34. The number of nitrogens with one attached hydrogen (secondary N) is 1. The van der Waals surface area contributed by atoms with Crippen LogP contribution in [-0.4, -0.2) is 22.5 Å². The van der Waals surface area contributed by atoms with Crippen molar-refractivity contribution in [3.05, 3.63) is 27.0 Å². The standard InChI is InChI=1S/C8H12N4O2/c1-9-5-10-6-4-11(2)8(14)12(3)7(6)13/h4-5H,1-3H3,(H,9,10). The van der Waals surface area contributed by atoms with Crippen LogP contribution in [0.2, 0.25) is 0 Å². The molecule has 0 radical (unpaired) electrons. The first-order valence-corrected chi connectivity index (χ1v) is 4.01. The van der Waals surface area contributed by atoms with E-state index in [9.17, 15) is 9.59 Å². The third-order valence-electron chi connectivity index (χ3n) is 1.80. The first-order valence-electron chi connectivity index (χ1n) is 4.01. The highest BCUT2D eigenvalue weighted by atomic mass is 16.2. The molecule has 1 aromatic rings. The van der Waals surface area contributed by atoms with Gasteiger partial charge in [0, 0.05) is 27.3 Å². The monoisotopic (exact) mass is 196 g/mol. The molecule has 1 aromatic heterocycles. The summed E-state index contributed by atoms with van der Waals surface area (Å²) in [5.41, 5.74) is -0.401. The average molecular weight is 196 g/mol. The van der Waals surface area contributed by atoms with Crippen molar-refractivity contribution in [3.8, 4) is 0 Å². The third-order valence-corrected chi connectivity index (χ3v) is 1.80. The van der Waals surface area contributed by atoms with Crippen molar-refractivity contribution in [1.29, 1.82) is 0 Å². The zero-order valence-electron chi connectivity index (χ0n) is 8.31. The molecule has 1 heterocycles. The van der Waals surface area contributed by atoms with Crippen LogP contribution in [-0.2, 0) is 14.1 Å². The molecule has 0 fully saturated rings. The van der Waals surface area contributed by atoms with E-state index in [1.54, 1.807) is 14.1 Å². The zero-order chi connectivity index (χ0) is 10.7. The number of aliphatic imine (C=N–C) groups is 1. The molecule has 0 aliphatic rings. The highest BCUT2D eigenvalue weighted by Gasteiger charge is 2.04. The molecule has 1 N–H and O–H groups in total. The Labute approximate surface area is 80.5 Å². The van der Waals surface area contributed by atoms with Crippen molar-refractivity contribution < 1.29 is 0 Å². The van der Waals surface area contributed by atoms with Gasteiger partial charge in [-0.25, -0.2) is 4.79 Å². The van der Waals surface area contributed by atoms with E-state index in [1.807, 2.05) is 0 Å². The van der Waals surface area contributed by atoms with Gasteiger partial charge in [-0.15, -0.1) is 0 Å². The average Bonchev–Trinajstić information content (AvgIpc) is 2.18. The molecule has 0 bridgehead atoms. The van der Waals surface area contributed by atoms with Crippen LogP contribution in [0, 0.1) is 0 Å². The van der Waals surface area contributed by atoms with Crippen molar-refractivity contribution in [1.82, 2.24) is 9.13 Å². The summed E-state index contributed by atoms with van der Waals surface area (Å²) in [5.74, 6) is 0. The minimum absolute atomic E-state index is 0.320. The predicted octanol–water partition coefficient (Wildman–Crippen LogP) is -0.846. The van der Waals surface area contributed by atoms with E-state index in [2.05, 4.69) is 10.3 Å². The van der Waals surface area contributed by atoms with Gasteiger partial charge in [-0.3, -0.25) is 14.4 Å². The topological polar surface area (TPSA) is 68.4 Å². The highest BCUT2D eigenvalue weighted by molar-refractivity contribution is 5.74. The Morgan fingerprint density at radius 2 is 2.07 bits per heavy atom. The minimum Gasteiger partial charge on any atom is -0.341 e. The highest BCUT2D eigenvalue weighted by Crippen LogP contribution is 1.91. The summed E-state index contributed by atoms with van der Waals surface area (Å²) in [6.07, 6.45) is 2.83. The quantitative estimate of drug-likeness (QED) is 0.495. The number of anilines is 1. The molecule has 1 rings (SSSR count). The van der Waals surface area contributed by atoms with Gasteiger partial charge in [0.2, 0.25) is 0 Å². The lowest BCUT2D eigenvalue weighted by molar-refractivity contribution is 0.689. The maximum atomic E-state index is 11.5. The van der Waals surface area contributed by atoms with E-state index < -0.39 is 0 Å². The summed E-state index contributed by atoms with van der Waals surface area (Å²) in [6, 6.07) is 0. The molecule has 0 spiro atoms. The lowest BCUT2D eigenvalue weighted by Gasteiger charge is -2.05. The Morgan fingerprint density at radius 1 is 1.43 bits per heavy atom. The largest absolute Gasteiger partial charge is 0.341 e. The van der Waals surface area contributed by atoms with E-state index in [0.29, 0.717) is 5.69 Å². The molecular weight excluding hydrogens is 184 g/mol. The van der Waals surface area contributed by atoms with Crippen LogP contribution in [0.1, 0.15) is 0 Å². The fourth-order valence-corrected chi connectivity index (χ4v) is 1.04. The lowest BCUT2D eigenvalue weighted by atomic mass is 10.5. The lowest BCUT2D eigenvalue weighted by Crippen LogP contribution is -2.37. The van der Waals surface area contributed by atoms with E-state index in [0.717, 1.165) is 4.57 Å². The van der Waals surface area contributed by atoms with Gasteiger partial charge >= 0.3 is 5.69 Å². The number of rotatable bonds is 2. The number of nitrogens with zero attached hydrogens (tertiary/aromatic N) is 3. The zero-order valence-corrected chi connectivity index (χ0v) is 8.31. The van der Waals surface area contributed by atoms with E-state index in [4.69, 9.17) is 0 Å². The van der Waals surface area contributed by atoms with Crippen LogP contribution < -0.4 is 16.6 Å². The minimum atomic E-state index is -0.368. The third kappa shape index (κ3) is 1.73. The van der Waals surface area contributed by atoms with E-state index >= 15 is 0 Å². The van der Waals surface area contributed by atoms with Crippen LogP contribution in [0.25, 0.3) is 0 Å². The number of hydrogen-bond donors (Lipinski definition) is 1. The summed E-state index contributed by atoms with van der Waals surface area (Å²) >= 11 is 0. The second kappa shape index (κ2) is 3.91. The Kier molecular flexibility index (Phi) is 2.85. The number of aryl methyl sites for hydroxylation is 1. The Hall–Kier alpha value is -1.85. The van der Waals surface area contributed by atoms with Crippen LogP contribution in [0.5, 0.6) is 0 Å². The van der Waals surface area contributed by atoms with Crippen LogP contribution in [0.15, 0.2) is 20.8 Å². The molecule has 0 saturated carbocycles. The van der Waals surface area contributed by atoms with Crippen LogP contribution in [0.4, 0.5) is 5.69 Å². The van der Waals surface area contributed by atoms with Crippen molar-refractivity contribution in [2.45, 2.75) is 0 Å². The van der Waals surface area contributed by atoms with Gasteiger partial charge in [0.1, 0.15) is 5.69 Å². The molecule has 14 heavy (non-hydrogen) atoms. The van der Waals surface area contributed by atoms with Gasteiger partial charge in [0.25, 0.3) is 5.56 Å². The van der Waals surface area contributed by atoms with Crippen LogP contribution in [0.3, 0.4) is 0 Å². The number of hydrogen-bond acceptors (Lipinski definition) is 3. The Bertz CT molecular complexity index is 469. The van der Waals surface area contributed by atoms with E-state index in [1.165, 1.54) is 24.2 Å². The summed E-state index contributed by atoms with van der Waals surface area (Å²) in [5, 5.41) is 2.69. The predicted molar refractivity (Wildman–Crippen MR) is 55.0 cm³/mol. The Morgan fingerprint density at radius 3 is 2.64 bits per heavy atom. The number of aromatic nitrogens is 2. The van der Waals surface area contributed by atoms with E-state index in [-0.39, 0.29) is 11.2 Å². The SMILES string of the molecule is CN=CNc1cn(C)c(=O)n(C)c1=O. The maximum absolute atomic E-state index is 11.5. The van der Waals surface area contributed by atoms with Gasteiger partial charge in [-0.05, 0) is 0 Å². The summed E-state index contributed by atoms with van der Waals surface area (Å²) in [7, 11) is 4.59. The molecule has 0 aliphatic carbocycles. The maximum Gasteiger partial charge on any atom is 0.330 e. The molecule has 0 amide bonds. The molecule has 0 aromatic carbocycles. The van der Waals surface area contributed by atoms with Crippen molar-refractivity contribution in [3.63, 3.8) is 0 Å². The first kappa shape index (κ1) is 10.2. The fraction of sp³-hybridized carbons (Fsp3) is 0.375. The van der Waals surface area contributed by atoms with Crippen LogP contribution >= 0.6 is 0 Å². The summed E-state index contributed by atoms with van der Waals surface area (Å²) in [6.45, 7) is 0. The van der Waals surface area contributed by atoms with Crippen molar-refractivity contribution >= 4 is 12.0 Å². The van der Waals surface area contributed by atoms with Gasteiger partial charge < -0.3 is 9.88 Å². The summed E-state index contributed by atoms with van der Waals surface area (Å²) in [4.78, 5) is 26.4. The molecule has 6 heteroatoms. The molecule has 0 atom stereocenters. The molecule has 0 saturated heterocycles. The molecular formula is C8H12N4O2. The fourth-order valence-electron chi connectivity index (χ4n) is 1.04. The molecule has 0 aliphatic heterocycles. The van der Waals surface area contributed by atoms with Crippen molar-refractivity contribution in [2.24, 2.45) is 19.1 Å². The molecule has 76 valence electrons. The van der Waals surface area contributed by atoms with Gasteiger partial charge in [-0.2, -0.15) is 0 Å². The van der Waals surface area contributed by atoms with Gasteiger partial charge in [-0.1, -0.05) is 0 Å². The summed E-state index contributed by atoms with van der Waals surface area (Å²) < 4.78 is 2.36. The smallest absolute Gasteiger partial charge is 0.330 e. The van der Waals surface area contributed by atoms with Gasteiger partial charge in [0.05, 0.1) is 6.34 Å². The molecule has 0 unspecified atom stereocenters. The van der Waals surface area contributed by atoms with Crippen molar-refractivity contribution in [2.75, 3.05) is 12.4 Å². The molecule has 6 nitrogen and oxygen atoms in total. The second-order valence-electron chi connectivity index (χ2n) is 2.83. The second-order valence-corrected chi connectivity index (χ2v) is 2.83. The first-order chi connectivity index (χ1) is 6.57. The normalized spacial score (nSPS) is 10.8.